The molecule has 2 amide bonds. The zero-order valence-electron chi connectivity index (χ0n) is 10.2. The first-order chi connectivity index (χ1) is 9.06. The topological polar surface area (TPSA) is 41.1 Å². The van der Waals surface area contributed by atoms with Crippen molar-refractivity contribution in [1.82, 2.24) is 0 Å². The maximum Gasteiger partial charge on any atom is 0.323 e. The Morgan fingerprint density at radius 3 is 2.21 bits per heavy atom. The van der Waals surface area contributed by atoms with E-state index in [0.29, 0.717) is 0 Å². The lowest BCUT2D eigenvalue weighted by Crippen LogP contribution is -2.19. The first-order valence-electron chi connectivity index (χ1n) is 5.65. The number of anilines is 2. The number of carbonyl (C=O) groups excluding carboxylic acids is 1. The Kier molecular flexibility index (Phi) is 4.61. The van der Waals surface area contributed by atoms with Crippen molar-refractivity contribution in [2.75, 3.05) is 10.6 Å². The molecule has 2 rings (SSSR count). The van der Waals surface area contributed by atoms with Gasteiger partial charge >= 0.3 is 6.03 Å². The summed E-state index contributed by atoms with van der Waals surface area (Å²) in [6.07, 6.45) is 0. The van der Waals surface area contributed by atoms with Crippen molar-refractivity contribution in [1.29, 1.82) is 0 Å². The SMILES string of the molecule is Cc1ccc(NC(=O)Nc2ccccc2Br)c(Br)c1. The maximum atomic E-state index is 11.9. The van der Waals surface area contributed by atoms with Crippen LogP contribution in [0, 0.1) is 6.92 Å². The molecule has 2 N–H and O–H groups in total. The number of carbonyl (C=O) groups is 1. The monoisotopic (exact) mass is 382 g/mol. The molecule has 2 aromatic carbocycles. The fraction of sp³-hybridized carbons (Fsp3) is 0.0714. The summed E-state index contributed by atoms with van der Waals surface area (Å²) in [5.41, 5.74) is 2.59. The van der Waals surface area contributed by atoms with Crippen LogP contribution in [-0.4, -0.2) is 6.03 Å². The number of amides is 2. The summed E-state index contributed by atoms with van der Waals surface area (Å²) in [7, 11) is 0. The largest absolute Gasteiger partial charge is 0.323 e. The Bertz CT molecular complexity index is 614. The predicted molar refractivity (Wildman–Crippen MR) is 85.7 cm³/mol. The molecule has 0 atom stereocenters. The fourth-order valence-electron chi connectivity index (χ4n) is 1.56. The fourth-order valence-corrected chi connectivity index (χ4v) is 2.54. The Morgan fingerprint density at radius 2 is 1.58 bits per heavy atom. The van der Waals surface area contributed by atoms with Gasteiger partial charge in [0.15, 0.2) is 0 Å². The lowest BCUT2D eigenvalue weighted by Gasteiger charge is -2.10. The second-order valence-electron chi connectivity index (χ2n) is 4.04. The Balaban J connectivity index is 2.08. The molecule has 0 aliphatic rings. The summed E-state index contributed by atoms with van der Waals surface area (Å²) < 4.78 is 1.70. The number of para-hydroxylation sites is 1. The normalized spacial score (nSPS) is 10.1. The van der Waals surface area contributed by atoms with Gasteiger partial charge < -0.3 is 10.6 Å². The average Bonchev–Trinajstić information content (AvgIpc) is 2.36. The van der Waals surface area contributed by atoms with Gasteiger partial charge in [0.2, 0.25) is 0 Å². The molecule has 0 bridgehead atoms. The lowest BCUT2D eigenvalue weighted by atomic mass is 10.2. The van der Waals surface area contributed by atoms with E-state index in [2.05, 4.69) is 42.5 Å². The van der Waals surface area contributed by atoms with E-state index in [1.807, 2.05) is 49.4 Å². The van der Waals surface area contributed by atoms with Gasteiger partial charge in [-0.15, -0.1) is 0 Å². The predicted octanol–water partition coefficient (Wildman–Crippen LogP) is 5.16. The van der Waals surface area contributed by atoms with Crippen LogP contribution < -0.4 is 10.6 Å². The molecule has 2 aromatic rings. The van der Waals surface area contributed by atoms with Crippen molar-refractivity contribution in [2.45, 2.75) is 6.92 Å². The number of hydrogen-bond acceptors (Lipinski definition) is 1. The molecule has 0 radical (unpaired) electrons. The Hall–Kier alpha value is -1.33. The molecule has 0 aliphatic heterocycles. The van der Waals surface area contributed by atoms with Crippen LogP contribution in [0.1, 0.15) is 5.56 Å². The van der Waals surface area contributed by atoms with Crippen molar-refractivity contribution in [3.63, 3.8) is 0 Å². The van der Waals surface area contributed by atoms with Crippen LogP contribution in [-0.2, 0) is 0 Å². The van der Waals surface area contributed by atoms with E-state index >= 15 is 0 Å². The van der Waals surface area contributed by atoms with Crippen LogP contribution in [0.5, 0.6) is 0 Å². The van der Waals surface area contributed by atoms with E-state index in [0.717, 1.165) is 25.9 Å². The van der Waals surface area contributed by atoms with Gasteiger partial charge in [0, 0.05) is 8.95 Å². The summed E-state index contributed by atoms with van der Waals surface area (Å²) in [6, 6.07) is 12.9. The molecular formula is C14H12Br2N2O. The van der Waals surface area contributed by atoms with Crippen molar-refractivity contribution in [3.05, 3.63) is 57.0 Å². The highest BCUT2D eigenvalue weighted by atomic mass is 79.9. The second kappa shape index (κ2) is 6.21. The van der Waals surface area contributed by atoms with Gasteiger partial charge in [0.1, 0.15) is 0 Å². The molecule has 0 aliphatic carbocycles. The zero-order chi connectivity index (χ0) is 13.8. The van der Waals surface area contributed by atoms with Crippen molar-refractivity contribution < 1.29 is 4.79 Å². The summed E-state index contributed by atoms with van der Waals surface area (Å²) >= 11 is 6.81. The Morgan fingerprint density at radius 1 is 0.947 bits per heavy atom. The molecule has 0 aromatic heterocycles. The molecule has 5 heteroatoms. The first kappa shape index (κ1) is 14.1. The van der Waals surface area contributed by atoms with Gasteiger partial charge in [-0.3, -0.25) is 0 Å². The van der Waals surface area contributed by atoms with Gasteiger partial charge in [0.25, 0.3) is 0 Å². The van der Waals surface area contributed by atoms with E-state index in [9.17, 15) is 4.79 Å². The zero-order valence-corrected chi connectivity index (χ0v) is 13.4. The standard InChI is InChI=1S/C14H12Br2N2O/c1-9-6-7-13(11(16)8-9)18-14(19)17-12-5-3-2-4-10(12)15/h2-8H,1H3,(H2,17,18,19). The minimum Gasteiger partial charge on any atom is -0.307 e. The molecule has 0 spiro atoms. The molecule has 0 unspecified atom stereocenters. The van der Waals surface area contributed by atoms with Crippen molar-refractivity contribution in [2.24, 2.45) is 0 Å². The number of rotatable bonds is 2. The maximum absolute atomic E-state index is 11.9. The number of nitrogens with one attached hydrogen (secondary N) is 2. The third kappa shape index (κ3) is 3.81. The Labute approximate surface area is 128 Å². The number of benzene rings is 2. The quantitative estimate of drug-likeness (QED) is 0.738. The van der Waals surface area contributed by atoms with E-state index < -0.39 is 0 Å². The van der Waals surface area contributed by atoms with Crippen LogP contribution in [0.25, 0.3) is 0 Å². The van der Waals surface area contributed by atoms with Crippen LogP contribution in [0.3, 0.4) is 0 Å². The highest BCUT2D eigenvalue weighted by Gasteiger charge is 2.07. The van der Waals surface area contributed by atoms with Crippen LogP contribution in [0.2, 0.25) is 0 Å². The third-order valence-corrected chi connectivity index (χ3v) is 3.84. The third-order valence-electron chi connectivity index (χ3n) is 2.49. The first-order valence-corrected chi connectivity index (χ1v) is 7.23. The van der Waals surface area contributed by atoms with E-state index in [1.54, 1.807) is 0 Å². The summed E-state index contributed by atoms with van der Waals surface area (Å²) in [6.45, 7) is 2.00. The second-order valence-corrected chi connectivity index (χ2v) is 5.75. The van der Waals surface area contributed by atoms with Gasteiger partial charge in [-0.05, 0) is 68.6 Å². The smallest absolute Gasteiger partial charge is 0.307 e. The molecule has 98 valence electrons. The van der Waals surface area contributed by atoms with Gasteiger partial charge in [-0.25, -0.2) is 4.79 Å². The summed E-state index contributed by atoms with van der Waals surface area (Å²) in [5, 5.41) is 5.58. The van der Waals surface area contributed by atoms with Crippen LogP contribution in [0.4, 0.5) is 16.2 Å². The minimum absolute atomic E-state index is 0.281. The highest BCUT2D eigenvalue weighted by Crippen LogP contribution is 2.25. The van der Waals surface area contributed by atoms with Crippen molar-refractivity contribution in [3.8, 4) is 0 Å². The molecule has 19 heavy (non-hydrogen) atoms. The van der Waals surface area contributed by atoms with E-state index in [4.69, 9.17) is 0 Å². The number of hydrogen-bond donors (Lipinski definition) is 2. The van der Waals surface area contributed by atoms with Gasteiger partial charge in [-0.2, -0.15) is 0 Å². The minimum atomic E-state index is -0.281. The van der Waals surface area contributed by atoms with Gasteiger partial charge in [0.05, 0.1) is 11.4 Å². The highest BCUT2D eigenvalue weighted by molar-refractivity contribution is 9.11. The van der Waals surface area contributed by atoms with Crippen molar-refractivity contribution >= 4 is 49.3 Å². The number of urea groups is 1. The molecule has 0 saturated heterocycles. The lowest BCUT2D eigenvalue weighted by molar-refractivity contribution is 0.262. The molecule has 0 fully saturated rings. The summed E-state index contributed by atoms with van der Waals surface area (Å²) in [4.78, 5) is 11.9. The van der Waals surface area contributed by atoms with E-state index in [-0.39, 0.29) is 6.03 Å². The number of aryl methyl sites for hydroxylation is 1. The van der Waals surface area contributed by atoms with Crippen LogP contribution >= 0.6 is 31.9 Å². The number of halogens is 2. The molecule has 0 saturated carbocycles. The summed E-state index contributed by atoms with van der Waals surface area (Å²) in [5.74, 6) is 0. The average molecular weight is 384 g/mol. The molecule has 0 heterocycles. The van der Waals surface area contributed by atoms with E-state index in [1.165, 1.54) is 0 Å². The van der Waals surface area contributed by atoms with Crippen LogP contribution in [0.15, 0.2) is 51.4 Å². The molecule has 3 nitrogen and oxygen atoms in total. The molecular weight excluding hydrogens is 372 g/mol. The van der Waals surface area contributed by atoms with Gasteiger partial charge in [-0.1, -0.05) is 18.2 Å².